The summed E-state index contributed by atoms with van der Waals surface area (Å²) < 4.78 is 0. The number of piperidine rings is 1. The lowest BCUT2D eigenvalue weighted by atomic mass is 10.0. The van der Waals surface area contributed by atoms with E-state index in [2.05, 4.69) is 34.5 Å². The third kappa shape index (κ3) is 4.51. The molecule has 3 nitrogen and oxygen atoms in total. The number of nitrogens with one attached hydrogen (secondary N) is 1. The first-order valence-corrected chi connectivity index (χ1v) is 7.65. The predicted molar refractivity (Wildman–Crippen MR) is 82.8 cm³/mol. The monoisotopic (exact) mass is 261 g/mol. The first-order chi connectivity index (χ1) is 9.42. The smallest absolute Gasteiger partial charge is 0.0398 e. The zero-order valence-corrected chi connectivity index (χ0v) is 11.9. The third-order valence-corrected chi connectivity index (χ3v) is 3.81. The summed E-state index contributed by atoms with van der Waals surface area (Å²) in [5.41, 5.74) is 8.43. The van der Waals surface area contributed by atoms with Crippen molar-refractivity contribution in [3.05, 3.63) is 29.8 Å². The van der Waals surface area contributed by atoms with Crippen LogP contribution in [0.15, 0.2) is 24.3 Å². The van der Waals surface area contributed by atoms with Crippen LogP contribution in [0, 0.1) is 0 Å². The predicted octanol–water partition coefficient (Wildman–Crippen LogP) is 2.16. The van der Waals surface area contributed by atoms with Crippen LogP contribution in [-0.2, 0) is 6.42 Å². The molecule has 3 N–H and O–H groups in total. The van der Waals surface area contributed by atoms with E-state index in [1.54, 1.807) is 0 Å². The van der Waals surface area contributed by atoms with E-state index < -0.39 is 0 Å². The van der Waals surface area contributed by atoms with Gasteiger partial charge in [0.1, 0.15) is 0 Å². The summed E-state index contributed by atoms with van der Waals surface area (Å²) >= 11 is 0. The van der Waals surface area contributed by atoms with Crippen molar-refractivity contribution in [1.29, 1.82) is 0 Å². The molecule has 0 amide bonds. The van der Waals surface area contributed by atoms with Gasteiger partial charge in [0, 0.05) is 31.9 Å². The minimum Gasteiger partial charge on any atom is -0.371 e. The van der Waals surface area contributed by atoms with Crippen LogP contribution in [0.5, 0.6) is 0 Å². The van der Waals surface area contributed by atoms with Crippen molar-refractivity contribution in [2.75, 3.05) is 37.6 Å². The van der Waals surface area contributed by atoms with Crippen LogP contribution in [0.2, 0.25) is 0 Å². The minimum absolute atomic E-state index is 0.727. The summed E-state index contributed by atoms with van der Waals surface area (Å²) in [6, 6.07) is 8.90. The van der Waals surface area contributed by atoms with Crippen molar-refractivity contribution in [2.45, 2.75) is 32.1 Å². The highest BCUT2D eigenvalue weighted by molar-refractivity contribution is 5.54. The summed E-state index contributed by atoms with van der Waals surface area (Å²) in [6.07, 6.45) is 6.41. The molecule has 1 heterocycles. The molecule has 1 aliphatic heterocycles. The lowest BCUT2D eigenvalue weighted by Gasteiger charge is -2.30. The minimum atomic E-state index is 0.727. The van der Waals surface area contributed by atoms with Gasteiger partial charge in [-0.25, -0.2) is 0 Å². The molecule has 0 atom stereocenters. The Bertz CT molecular complexity index is 359. The second-order valence-corrected chi connectivity index (χ2v) is 5.32. The molecule has 0 unspecified atom stereocenters. The molecule has 0 saturated carbocycles. The quantitative estimate of drug-likeness (QED) is 0.739. The highest BCUT2D eigenvalue weighted by Crippen LogP contribution is 2.24. The molecule has 1 aliphatic rings. The van der Waals surface area contributed by atoms with E-state index in [-0.39, 0.29) is 0 Å². The number of benzene rings is 1. The Morgan fingerprint density at radius 2 is 1.84 bits per heavy atom. The van der Waals surface area contributed by atoms with Gasteiger partial charge in [0.05, 0.1) is 0 Å². The highest BCUT2D eigenvalue weighted by Gasteiger charge is 2.13. The lowest BCUT2D eigenvalue weighted by Crippen LogP contribution is -2.30. The Balaban J connectivity index is 1.88. The van der Waals surface area contributed by atoms with Gasteiger partial charge >= 0.3 is 0 Å². The van der Waals surface area contributed by atoms with Crippen LogP contribution in [0.3, 0.4) is 0 Å². The average Bonchev–Trinajstić information content (AvgIpc) is 2.48. The van der Waals surface area contributed by atoms with Gasteiger partial charge in [-0.15, -0.1) is 0 Å². The van der Waals surface area contributed by atoms with Gasteiger partial charge < -0.3 is 16.0 Å². The molecule has 0 aromatic heterocycles. The van der Waals surface area contributed by atoms with Crippen LogP contribution >= 0.6 is 0 Å². The molecule has 3 heteroatoms. The zero-order valence-electron chi connectivity index (χ0n) is 11.9. The van der Waals surface area contributed by atoms with E-state index in [0.29, 0.717) is 0 Å². The standard InChI is InChI=1S/C16H27N3/c17-10-12-18-11-6-8-15-7-2-3-9-16(15)19-13-4-1-5-14-19/h2-3,7,9,18H,1,4-6,8,10-14,17H2. The molecule has 106 valence electrons. The molecule has 1 fully saturated rings. The molecule has 0 spiro atoms. The second-order valence-electron chi connectivity index (χ2n) is 5.32. The Labute approximate surface area is 117 Å². The van der Waals surface area contributed by atoms with Crippen molar-refractivity contribution in [3.8, 4) is 0 Å². The fourth-order valence-electron chi connectivity index (χ4n) is 2.80. The first-order valence-electron chi connectivity index (χ1n) is 7.65. The number of rotatable bonds is 7. The normalized spacial score (nSPS) is 15.7. The van der Waals surface area contributed by atoms with Crippen LogP contribution < -0.4 is 16.0 Å². The summed E-state index contributed by atoms with van der Waals surface area (Å²) in [4.78, 5) is 2.56. The lowest BCUT2D eigenvalue weighted by molar-refractivity contribution is 0.575. The van der Waals surface area contributed by atoms with E-state index in [1.165, 1.54) is 50.0 Å². The Hall–Kier alpha value is -1.06. The maximum atomic E-state index is 5.47. The molecular formula is C16H27N3. The summed E-state index contributed by atoms with van der Waals surface area (Å²) in [7, 11) is 0. The van der Waals surface area contributed by atoms with Crippen LogP contribution in [0.1, 0.15) is 31.2 Å². The number of hydrogen-bond donors (Lipinski definition) is 2. The number of para-hydroxylation sites is 1. The largest absolute Gasteiger partial charge is 0.371 e. The summed E-state index contributed by atoms with van der Waals surface area (Å²) in [6.45, 7) is 5.16. The Kier molecular flexibility index (Phi) is 6.18. The van der Waals surface area contributed by atoms with Gasteiger partial charge in [-0.3, -0.25) is 0 Å². The topological polar surface area (TPSA) is 41.3 Å². The van der Waals surface area contributed by atoms with Crippen LogP contribution in [0.25, 0.3) is 0 Å². The molecular weight excluding hydrogens is 234 g/mol. The van der Waals surface area contributed by atoms with E-state index in [4.69, 9.17) is 5.73 Å². The van der Waals surface area contributed by atoms with Crippen LogP contribution in [-0.4, -0.2) is 32.7 Å². The molecule has 0 bridgehead atoms. The number of nitrogens with zero attached hydrogens (tertiary/aromatic N) is 1. The summed E-state index contributed by atoms with van der Waals surface area (Å²) in [5.74, 6) is 0. The van der Waals surface area contributed by atoms with Gasteiger partial charge in [0.25, 0.3) is 0 Å². The molecule has 19 heavy (non-hydrogen) atoms. The van der Waals surface area contributed by atoms with Gasteiger partial charge in [-0.05, 0) is 50.3 Å². The first kappa shape index (κ1) is 14.4. The number of aryl methyl sites for hydroxylation is 1. The number of anilines is 1. The molecule has 0 radical (unpaired) electrons. The van der Waals surface area contributed by atoms with Crippen LogP contribution in [0.4, 0.5) is 5.69 Å². The average molecular weight is 261 g/mol. The van der Waals surface area contributed by atoms with Crippen molar-refractivity contribution in [3.63, 3.8) is 0 Å². The van der Waals surface area contributed by atoms with Crippen molar-refractivity contribution in [2.24, 2.45) is 5.73 Å². The zero-order chi connectivity index (χ0) is 13.3. The third-order valence-electron chi connectivity index (χ3n) is 3.81. The van der Waals surface area contributed by atoms with E-state index in [0.717, 1.165) is 26.1 Å². The highest BCUT2D eigenvalue weighted by atomic mass is 15.1. The van der Waals surface area contributed by atoms with Gasteiger partial charge in [0.15, 0.2) is 0 Å². The second kappa shape index (κ2) is 8.18. The molecule has 2 rings (SSSR count). The van der Waals surface area contributed by atoms with Gasteiger partial charge in [0.2, 0.25) is 0 Å². The SMILES string of the molecule is NCCNCCCc1ccccc1N1CCCCC1. The van der Waals surface area contributed by atoms with Crippen molar-refractivity contribution >= 4 is 5.69 Å². The Morgan fingerprint density at radius 3 is 2.63 bits per heavy atom. The summed E-state index contributed by atoms with van der Waals surface area (Å²) in [5, 5.41) is 3.37. The Morgan fingerprint density at radius 1 is 1.05 bits per heavy atom. The van der Waals surface area contributed by atoms with E-state index in [9.17, 15) is 0 Å². The van der Waals surface area contributed by atoms with E-state index in [1.807, 2.05) is 0 Å². The molecule has 1 aromatic rings. The molecule has 1 aromatic carbocycles. The van der Waals surface area contributed by atoms with E-state index >= 15 is 0 Å². The number of nitrogens with two attached hydrogens (primary N) is 1. The number of hydrogen-bond acceptors (Lipinski definition) is 3. The fourth-order valence-corrected chi connectivity index (χ4v) is 2.80. The maximum absolute atomic E-state index is 5.47. The van der Waals surface area contributed by atoms with Gasteiger partial charge in [-0.2, -0.15) is 0 Å². The van der Waals surface area contributed by atoms with Gasteiger partial charge in [-0.1, -0.05) is 18.2 Å². The van der Waals surface area contributed by atoms with Crippen molar-refractivity contribution in [1.82, 2.24) is 5.32 Å². The fraction of sp³-hybridized carbons (Fsp3) is 0.625. The van der Waals surface area contributed by atoms with Crippen molar-refractivity contribution < 1.29 is 0 Å². The maximum Gasteiger partial charge on any atom is 0.0398 e. The molecule has 0 aliphatic carbocycles. The molecule has 1 saturated heterocycles.